The third-order valence-electron chi connectivity index (χ3n) is 3.86. The maximum absolute atomic E-state index is 5.82. The van der Waals surface area contributed by atoms with E-state index in [1.807, 2.05) is 36.4 Å². The Morgan fingerprint density at radius 2 is 1.79 bits per heavy atom. The van der Waals surface area contributed by atoms with E-state index in [4.69, 9.17) is 4.74 Å². The first-order valence-corrected chi connectivity index (χ1v) is 8.06. The van der Waals surface area contributed by atoms with Gasteiger partial charge in [-0.2, -0.15) is 0 Å². The van der Waals surface area contributed by atoms with Gasteiger partial charge in [0.2, 0.25) is 0 Å². The number of rotatable bonds is 7. The number of aromatic nitrogens is 2. The fraction of sp³-hybridized carbons (Fsp3) is 0.200. The lowest BCUT2D eigenvalue weighted by atomic mass is 10.1. The van der Waals surface area contributed by atoms with Crippen molar-refractivity contribution in [2.45, 2.75) is 26.1 Å². The Labute approximate surface area is 142 Å². The molecule has 0 aliphatic rings. The van der Waals surface area contributed by atoms with Crippen LogP contribution in [0.3, 0.4) is 0 Å². The van der Waals surface area contributed by atoms with E-state index in [1.54, 1.807) is 12.5 Å². The van der Waals surface area contributed by atoms with Crippen molar-refractivity contribution in [3.05, 3.63) is 90.0 Å². The fourth-order valence-electron chi connectivity index (χ4n) is 2.39. The highest BCUT2D eigenvalue weighted by Crippen LogP contribution is 2.19. The van der Waals surface area contributed by atoms with E-state index in [0.717, 1.165) is 18.0 Å². The van der Waals surface area contributed by atoms with E-state index in [1.165, 1.54) is 11.1 Å². The minimum atomic E-state index is 0.239. The Kier molecular flexibility index (Phi) is 5.53. The molecule has 2 aromatic carbocycles. The molecule has 4 nitrogen and oxygen atoms in total. The van der Waals surface area contributed by atoms with Crippen LogP contribution in [0.2, 0.25) is 0 Å². The van der Waals surface area contributed by atoms with Gasteiger partial charge in [-0.05, 0) is 36.2 Å². The van der Waals surface area contributed by atoms with Gasteiger partial charge in [-0.25, -0.2) is 9.97 Å². The number of nitrogens with one attached hydrogen (secondary N) is 1. The van der Waals surface area contributed by atoms with Crippen molar-refractivity contribution >= 4 is 0 Å². The molecule has 0 radical (unpaired) electrons. The molecule has 1 atom stereocenters. The summed E-state index contributed by atoms with van der Waals surface area (Å²) in [7, 11) is 0. The van der Waals surface area contributed by atoms with Crippen molar-refractivity contribution in [3.8, 4) is 5.75 Å². The second-order valence-electron chi connectivity index (χ2n) is 5.65. The monoisotopic (exact) mass is 319 g/mol. The number of benzene rings is 2. The molecular formula is C20H21N3O. The second kappa shape index (κ2) is 8.22. The van der Waals surface area contributed by atoms with Crippen LogP contribution in [0.4, 0.5) is 0 Å². The summed E-state index contributed by atoms with van der Waals surface area (Å²) in [6.45, 7) is 3.44. The smallest absolute Gasteiger partial charge is 0.119 e. The molecule has 0 amide bonds. The van der Waals surface area contributed by atoms with Crippen LogP contribution in [0.1, 0.15) is 29.8 Å². The van der Waals surface area contributed by atoms with Crippen molar-refractivity contribution in [1.82, 2.24) is 15.3 Å². The molecule has 0 spiro atoms. The van der Waals surface area contributed by atoms with Gasteiger partial charge >= 0.3 is 0 Å². The molecule has 0 bridgehead atoms. The zero-order chi connectivity index (χ0) is 16.6. The van der Waals surface area contributed by atoms with E-state index < -0.39 is 0 Å². The largest absolute Gasteiger partial charge is 0.489 e. The third kappa shape index (κ3) is 4.64. The van der Waals surface area contributed by atoms with Crippen LogP contribution in [0, 0.1) is 0 Å². The summed E-state index contributed by atoms with van der Waals surface area (Å²) in [6.07, 6.45) is 3.33. The highest BCUT2D eigenvalue weighted by atomic mass is 16.5. The average molecular weight is 319 g/mol. The molecule has 1 N–H and O–H groups in total. The van der Waals surface area contributed by atoms with E-state index in [-0.39, 0.29) is 6.04 Å². The normalized spacial score (nSPS) is 11.9. The van der Waals surface area contributed by atoms with Crippen LogP contribution in [0.25, 0.3) is 0 Å². The molecule has 3 aromatic rings. The van der Waals surface area contributed by atoms with E-state index in [0.29, 0.717) is 6.61 Å². The van der Waals surface area contributed by atoms with E-state index >= 15 is 0 Å². The molecule has 1 aromatic heterocycles. The van der Waals surface area contributed by atoms with Gasteiger partial charge in [0.1, 0.15) is 18.7 Å². The summed E-state index contributed by atoms with van der Waals surface area (Å²) in [4.78, 5) is 8.14. The lowest BCUT2D eigenvalue weighted by Gasteiger charge is -2.14. The van der Waals surface area contributed by atoms with Crippen LogP contribution in [-0.4, -0.2) is 9.97 Å². The quantitative estimate of drug-likeness (QED) is 0.717. The van der Waals surface area contributed by atoms with Gasteiger partial charge in [-0.3, -0.25) is 0 Å². The number of hydrogen-bond acceptors (Lipinski definition) is 4. The first-order chi connectivity index (χ1) is 11.8. The van der Waals surface area contributed by atoms with Crippen molar-refractivity contribution in [1.29, 1.82) is 0 Å². The predicted octanol–water partition coefficient (Wildman–Crippen LogP) is 3.91. The summed E-state index contributed by atoms with van der Waals surface area (Å²) in [5.74, 6) is 0.880. The minimum absolute atomic E-state index is 0.239. The van der Waals surface area contributed by atoms with Gasteiger partial charge in [-0.15, -0.1) is 0 Å². The molecule has 1 unspecified atom stereocenters. The maximum atomic E-state index is 5.82. The summed E-state index contributed by atoms with van der Waals surface area (Å²) >= 11 is 0. The molecular weight excluding hydrogens is 298 g/mol. The molecule has 24 heavy (non-hydrogen) atoms. The summed E-state index contributed by atoms with van der Waals surface area (Å²) in [6, 6.07) is 20.6. The Bertz CT molecular complexity index is 730. The lowest BCUT2D eigenvalue weighted by molar-refractivity contribution is 0.306. The Morgan fingerprint density at radius 3 is 2.50 bits per heavy atom. The average Bonchev–Trinajstić information content (AvgIpc) is 2.66. The fourth-order valence-corrected chi connectivity index (χ4v) is 2.39. The first kappa shape index (κ1) is 16.1. The maximum Gasteiger partial charge on any atom is 0.119 e. The van der Waals surface area contributed by atoms with Gasteiger partial charge in [0.15, 0.2) is 0 Å². The van der Waals surface area contributed by atoms with Crippen molar-refractivity contribution in [2.75, 3.05) is 0 Å². The van der Waals surface area contributed by atoms with Crippen molar-refractivity contribution < 1.29 is 4.74 Å². The number of ether oxygens (including phenoxy) is 1. The lowest BCUT2D eigenvalue weighted by Crippen LogP contribution is -2.18. The molecule has 0 saturated heterocycles. The van der Waals surface area contributed by atoms with Crippen LogP contribution >= 0.6 is 0 Å². The Hall–Kier alpha value is -2.72. The number of nitrogens with zero attached hydrogens (tertiary/aromatic N) is 2. The Morgan fingerprint density at radius 1 is 1.00 bits per heavy atom. The molecule has 3 rings (SSSR count). The highest BCUT2D eigenvalue weighted by Gasteiger charge is 2.05. The van der Waals surface area contributed by atoms with Crippen LogP contribution in [0.5, 0.6) is 5.75 Å². The Balaban J connectivity index is 1.52. The topological polar surface area (TPSA) is 47.0 Å². The zero-order valence-electron chi connectivity index (χ0n) is 13.7. The van der Waals surface area contributed by atoms with Crippen LogP contribution in [0.15, 0.2) is 73.2 Å². The zero-order valence-corrected chi connectivity index (χ0v) is 13.7. The third-order valence-corrected chi connectivity index (χ3v) is 3.86. The SMILES string of the molecule is CC(NCc1ccncn1)c1ccc(OCc2ccccc2)cc1. The van der Waals surface area contributed by atoms with Crippen molar-refractivity contribution in [3.63, 3.8) is 0 Å². The second-order valence-corrected chi connectivity index (χ2v) is 5.65. The van der Waals surface area contributed by atoms with Gasteiger partial charge < -0.3 is 10.1 Å². The van der Waals surface area contributed by atoms with Crippen LogP contribution < -0.4 is 10.1 Å². The molecule has 4 heteroatoms. The van der Waals surface area contributed by atoms with Gasteiger partial charge in [0, 0.05) is 18.8 Å². The molecule has 0 fully saturated rings. The molecule has 0 aliphatic heterocycles. The molecule has 122 valence electrons. The molecule has 1 heterocycles. The highest BCUT2D eigenvalue weighted by molar-refractivity contribution is 5.29. The van der Waals surface area contributed by atoms with Gasteiger partial charge in [0.05, 0.1) is 5.69 Å². The minimum Gasteiger partial charge on any atom is -0.489 e. The summed E-state index contributed by atoms with van der Waals surface area (Å²) in [5.41, 5.74) is 3.37. The van der Waals surface area contributed by atoms with E-state index in [9.17, 15) is 0 Å². The van der Waals surface area contributed by atoms with Crippen molar-refractivity contribution in [2.24, 2.45) is 0 Å². The molecule has 0 aliphatic carbocycles. The van der Waals surface area contributed by atoms with Gasteiger partial charge in [-0.1, -0.05) is 42.5 Å². The van der Waals surface area contributed by atoms with Crippen LogP contribution in [-0.2, 0) is 13.2 Å². The standard InChI is InChI=1S/C20H21N3O/c1-16(22-13-19-11-12-21-15-23-19)18-7-9-20(10-8-18)24-14-17-5-3-2-4-6-17/h2-12,15-16,22H,13-14H2,1H3. The summed E-state index contributed by atoms with van der Waals surface area (Å²) < 4.78 is 5.82. The van der Waals surface area contributed by atoms with Gasteiger partial charge in [0.25, 0.3) is 0 Å². The predicted molar refractivity (Wildman–Crippen MR) is 94.5 cm³/mol. The van der Waals surface area contributed by atoms with E-state index in [2.05, 4.69) is 46.5 Å². The summed E-state index contributed by atoms with van der Waals surface area (Å²) in [5, 5.41) is 3.46. The molecule has 0 saturated carbocycles. The number of hydrogen-bond donors (Lipinski definition) is 1. The first-order valence-electron chi connectivity index (χ1n) is 8.06.